The van der Waals surface area contributed by atoms with Crippen molar-refractivity contribution in [2.45, 2.75) is 104 Å². The van der Waals surface area contributed by atoms with Crippen LogP contribution in [-0.4, -0.2) is 58.9 Å². The van der Waals surface area contributed by atoms with Crippen molar-refractivity contribution in [1.29, 1.82) is 0 Å². The van der Waals surface area contributed by atoms with Gasteiger partial charge in [-0.05, 0) is 69.4 Å². The zero-order valence-corrected chi connectivity index (χ0v) is 22.2. The Kier molecular flexibility index (Phi) is 9.58. The molecule has 2 aliphatic heterocycles. The van der Waals surface area contributed by atoms with E-state index in [1.807, 2.05) is 4.90 Å². The SMILES string of the molecule is CC(C)C[C@@H]1NC(=O)C2(CCN(CCCCCCc3ccccc3)CC2)N(C(C)C(C)C)C1=O. The topological polar surface area (TPSA) is 52.7 Å². The van der Waals surface area contributed by atoms with E-state index < -0.39 is 5.54 Å². The van der Waals surface area contributed by atoms with Gasteiger partial charge in [-0.15, -0.1) is 0 Å². The third-order valence-electron chi connectivity index (χ3n) is 8.02. The fourth-order valence-corrected chi connectivity index (χ4v) is 5.64. The van der Waals surface area contributed by atoms with Gasteiger partial charge in [-0.2, -0.15) is 0 Å². The van der Waals surface area contributed by atoms with Gasteiger partial charge in [0.25, 0.3) is 0 Å². The number of hydrogen-bond acceptors (Lipinski definition) is 3. The summed E-state index contributed by atoms with van der Waals surface area (Å²) < 4.78 is 0. The Labute approximate surface area is 207 Å². The maximum atomic E-state index is 13.6. The second-order valence-electron chi connectivity index (χ2n) is 11.4. The van der Waals surface area contributed by atoms with Crippen LogP contribution < -0.4 is 5.32 Å². The summed E-state index contributed by atoms with van der Waals surface area (Å²) in [5.41, 5.74) is 0.750. The smallest absolute Gasteiger partial charge is 0.246 e. The van der Waals surface area contributed by atoms with E-state index in [9.17, 15) is 9.59 Å². The van der Waals surface area contributed by atoms with Crippen LogP contribution in [0.2, 0.25) is 0 Å². The molecule has 0 aliphatic carbocycles. The first-order chi connectivity index (χ1) is 16.2. The number of unbranched alkanes of at least 4 members (excludes halogenated alkanes) is 3. The molecule has 2 amide bonds. The van der Waals surface area contributed by atoms with E-state index in [1.165, 1.54) is 31.2 Å². The Morgan fingerprint density at radius 2 is 1.59 bits per heavy atom. The highest BCUT2D eigenvalue weighted by atomic mass is 16.2. The van der Waals surface area contributed by atoms with E-state index >= 15 is 0 Å². The summed E-state index contributed by atoms with van der Waals surface area (Å²) in [7, 11) is 0. The summed E-state index contributed by atoms with van der Waals surface area (Å²) in [6.45, 7) is 13.5. The summed E-state index contributed by atoms with van der Waals surface area (Å²) >= 11 is 0. The van der Waals surface area contributed by atoms with E-state index in [4.69, 9.17) is 0 Å². The summed E-state index contributed by atoms with van der Waals surface area (Å²) in [4.78, 5) is 31.6. The van der Waals surface area contributed by atoms with Crippen LogP contribution in [0.5, 0.6) is 0 Å². The zero-order chi connectivity index (χ0) is 24.7. The Balaban J connectivity index is 1.51. The minimum absolute atomic E-state index is 0.0596. The third kappa shape index (κ3) is 6.41. The molecule has 0 aromatic heterocycles. The normalized spacial score (nSPS) is 22.0. The van der Waals surface area contributed by atoms with Crippen LogP contribution in [0.3, 0.4) is 0 Å². The first kappa shape index (κ1) is 26.7. The van der Waals surface area contributed by atoms with Crippen LogP contribution in [0.4, 0.5) is 0 Å². The molecule has 0 saturated carbocycles. The fraction of sp³-hybridized carbons (Fsp3) is 0.724. The molecule has 5 heteroatoms. The Bertz CT molecular complexity index is 784. The summed E-state index contributed by atoms with van der Waals surface area (Å²) in [5.74, 6) is 0.890. The monoisotopic (exact) mass is 469 g/mol. The number of hydrogen-bond donors (Lipinski definition) is 1. The number of nitrogens with zero attached hydrogens (tertiary/aromatic N) is 2. The molecule has 2 heterocycles. The predicted molar refractivity (Wildman–Crippen MR) is 140 cm³/mol. The van der Waals surface area contributed by atoms with Gasteiger partial charge in [0.05, 0.1) is 0 Å². The molecule has 1 unspecified atom stereocenters. The second kappa shape index (κ2) is 12.2. The minimum Gasteiger partial charge on any atom is -0.342 e. The van der Waals surface area contributed by atoms with Crippen LogP contribution in [0.25, 0.3) is 0 Å². The molecule has 2 fully saturated rings. The highest BCUT2D eigenvalue weighted by Crippen LogP contribution is 2.37. The van der Waals surface area contributed by atoms with E-state index in [0.717, 1.165) is 38.9 Å². The van der Waals surface area contributed by atoms with Gasteiger partial charge in [0.2, 0.25) is 11.8 Å². The Morgan fingerprint density at radius 1 is 0.941 bits per heavy atom. The molecule has 1 aromatic carbocycles. The summed E-state index contributed by atoms with van der Waals surface area (Å²) in [6, 6.07) is 10.4. The average Bonchev–Trinajstić information content (AvgIpc) is 2.81. The number of aryl methyl sites for hydroxylation is 1. The first-order valence-electron chi connectivity index (χ1n) is 13.6. The van der Waals surface area contributed by atoms with E-state index in [-0.39, 0.29) is 23.9 Å². The van der Waals surface area contributed by atoms with Crippen LogP contribution in [0.1, 0.15) is 85.1 Å². The Morgan fingerprint density at radius 3 is 2.21 bits per heavy atom. The summed E-state index contributed by atoms with van der Waals surface area (Å²) in [5, 5.41) is 3.13. The molecule has 2 atom stereocenters. The molecule has 2 saturated heterocycles. The number of nitrogens with one attached hydrogen (secondary N) is 1. The average molecular weight is 470 g/mol. The maximum Gasteiger partial charge on any atom is 0.246 e. The Hall–Kier alpha value is -1.88. The van der Waals surface area contributed by atoms with Crippen molar-refractivity contribution >= 4 is 11.8 Å². The summed E-state index contributed by atoms with van der Waals surface area (Å²) in [6.07, 6.45) is 8.32. The lowest BCUT2D eigenvalue weighted by Gasteiger charge is -2.54. The van der Waals surface area contributed by atoms with Crippen molar-refractivity contribution < 1.29 is 9.59 Å². The van der Waals surface area contributed by atoms with Gasteiger partial charge in [-0.25, -0.2) is 0 Å². The lowest BCUT2D eigenvalue weighted by molar-refractivity contribution is -0.166. The molecule has 190 valence electrons. The van der Waals surface area contributed by atoms with Crippen molar-refractivity contribution in [2.24, 2.45) is 11.8 Å². The van der Waals surface area contributed by atoms with Crippen molar-refractivity contribution in [3.8, 4) is 0 Å². The first-order valence-corrected chi connectivity index (χ1v) is 13.6. The van der Waals surface area contributed by atoms with Gasteiger partial charge >= 0.3 is 0 Å². The van der Waals surface area contributed by atoms with Crippen LogP contribution in [0, 0.1) is 11.8 Å². The van der Waals surface area contributed by atoms with E-state index in [1.54, 1.807) is 0 Å². The fourth-order valence-electron chi connectivity index (χ4n) is 5.64. The molecule has 3 rings (SSSR count). The molecular formula is C29H47N3O2. The lowest BCUT2D eigenvalue weighted by atomic mass is 9.79. The molecule has 1 spiro atoms. The van der Waals surface area contributed by atoms with Crippen LogP contribution in [0.15, 0.2) is 30.3 Å². The number of carbonyl (C=O) groups excluding carboxylic acids is 2. The lowest BCUT2D eigenvalue weighted by Crippen LogP contribution is -2.75. The zero-order valence-electron chi connectivity index (χ0n) is 22.2. The molecule has 5 nitrogen and oxygen atoms in total. The largest absolute Gasteiger partial charge is 0.342 e. The van der Waals surface area contributed by atoms with Gasteiger partial charge in [0, 0.05) is 19.1 Å². The van der Waals surface area contributed by atoms with Crippen molar-refractivity contribution in [3.63, 3.8) is 0 Å². The second-order valence-corrected chi connectivity index (χ2v) is 11.4. The highest BCUT2D eigenvalue weighted by Gasteiger charge is 2.55. The van der Waals surface area contributed by atoms with Crippen LogP contribution >= 0.6 is 0 Å². The number of piperidine rings is 1. The van der Waals surface area contributed by atoms with Crippen LogP contribution in [-0.2, 0) is 16.0 Å². The van der Waals surface area contributed by atoms with Crippen molar-refractivity contribution in [1.82, 2.24) is 15.1 Å². The molecule has 1 aromatic rings. The maximum absolute atomic E-state index is 13.6. The van der Waals surface area contributed by atoms with Gasteiger partial charge in [0.1, 0.15) is 11.6 Å². The van der Waals surface area contributed by atoms with Gasteiger partial charge in [0.15, 0.2) is 0 Å². The molecular weight excluding hydrogens is 422 g/mol. The molecule has 2 aliphatic rings. The minimum atomic E-state index is -0.680. The molecule has 34 heavy (non-hydrogen) atoms. The number of amides is 2. The standard InChI is InChI=1S/C29H47N3O2/c1-22(2)21-26-27(33)32(24(5)23(3)4)29(28(34)30-26)16-19-31(20-17-29)18-12-7-6-9-13-25-14-10-8-11-15-25/h8,10-11,14-15,22-24,26H,6-7,9,12-13,16-21H2,1-5H3,(H,30,34)/t24?,26-/m0/s1. The predicted octanol–water partition coefficient (Wildman–Crippen LogP) is 5.04. The number of carbonyl (C=O) groups is 2. The third-order valence-corrected chi connectivity index (χ3v) is 8.02. The van der Waals surface area contributed by atoms with E-state index in [0.29, 0.717) is 18.3 Å². The van der Waals surface area contributed by atoms with Gasteiger partial charge in [-0.1, -0.05) is 70.9 Å². The van der Waals surface area contributed by atoms with Crippen molar-refractivity contribution in [2.75, 3.05) is 19.6 Å². The van der Waals surface area contributed by atoms with Crippen molar-refractivity contribution in [3.05, 3.63) is 35.9 Å². The van der Waals surface area contributed by atoms with Gasteiger partial charge in [-0.3, -0.25) is 9.59 Å². The van der Waals surface area contributed by atoms with E-state index in [2.05, 4.69) is 75.2 Å². The highest BCUT2D eigenvalue weighted by molar-refractivity contribution is 6.00. The molecule has 1 N–H and O–H groups in total. The van der Waals surface area contributed by atoms with Gasteiger partial charge < -0.3 is 15.1 Å². The number of piperazine rings is 1. The number of likely N-dealkylation sites (tertiary alicyclic amines) is 1. The number of benzene rings is 1. The number of rotatable bonds is 11. The molecule has 0 radical (unpaired) electrons. The molecule has 0 bridgehead atoms. The quantitative estimate of drug-likeness (QED) is 0.462.